The van der Waals surface area contributed by atoms with Crippen molar-refractivity contribution >= 4 is 5.97 Å². The highest BCUT2D eigenvalue weighted by Crippen LogP contribution is 2.14. The van der Waals surface area contributed by atoms with Crippen LogP contribution in [0.25, 0.3) is 0 Å². The molecule has 0 unspecified atom stereocenters. The number of hydrogen-bond acceptors (Lipinski definition) is 3. The third-order valence-electron chi connectivity index (χ3n) is 2.68. The molecule has 1 atom stereocenters. The van der Waals surface area contributed by atoms with Gasteiger partial charge in [-0.2, -0.15) is 5.26 Å². The second-order valence-electron chi connectivity index (χ2n) is 3.87. The zero-order valence-corrected chi connectivity index (χ0v) is 10.3. The van der Waals surface area contributed by atoms with Crippen LogP contribution >= 0.6 is 0 Å². The van der Waals surface area contributed by atoms with Crippen LogP contribution in [-0.4, -0.2) is 12.6 Å². The summed E-state index contributed by atoms with van der Waals surface area (Å²) in [6.07, 6.45) is 1.43. The SMILES string of the molecule is CCOC(=O)[C@@H](CC)Cc1ccc(C#N)cc1. The van der Waals surface area contributed by atoms with Crippen molar-refractivity contribution < 1.29 is 9.53 Å². The maximum atomic E-state index is 11.6. The molecule has 0 radical (unpaired) electrons. The van der Waals surface area contributed by atoms with E-state index in [0.29, 0.717) is 18.6 Å². The lowest BCUT2D eigenvalue weighted by Gasteiger charge is -2.13. The lowest BCUT2D eigenvalue weighted by Crippen LogP contribution is -2.19. The van der Waals surface area contributed by atoms with Crippen molar-refractivity contribution in [3.8, 4) is 6.07 Å². The highest BCUT2D eigenvalue weighted by Gasteiger charge is 2.17. The molecule has 3 heteroatoms. The smallest absolute Gasteiger partial charge is 0.309 e. The van der Waals surface area contributed by atoms with Gasteiger partial charge in [0.05, 0.1) is 24.2 Å². The molecule has 0 N–H and O–H groups in total. The van der Waals surface area contributed by atoms with E-state index in [-0.39, 0.29) is 11.9 Å². The van der Waals surface area contributed by atoms with Gasteiger partial charge in [-0.15, -0.1) is 0 Å². The first-order chi connectivity index (χ1) is 8.21. The van der Waals surface area contributed by atoms with E-state index in [1.54, 1.807) is 12.1 Å². The summed E-state index contributed by atoms with van der Waals surface area (Å²) in [7, 11) is 0. The fourth-order valence-electron chi connectivity index (χ4n) is 1.65. The van der Waals surface area contributed by atoms with Gasteiger partial charge in [-0.3, -0.25) is 4.79 Å². The van der Waals surface area contributed by atoms with Crippen LogP contribution in [0.4, 0.5) is 0 Å². The quantitative estimate of drug-likeness (QED) is 0.732. The number of nitrogens with zero attached hydrogens (tertiary/aromatic N) is 1. The van der Waals surface area contributed by atoms with Crippen molar-refractivity contribution in [1.29, 1.82) is 5.26 Å². The lowest BCUT2D eigenvalue weighted by atomic mass is 9.96. The fourth-order valence-corrected chi connectivity index (χ4v) is 1.65. The van der Waals surface area contributed by atoms with Crippen LogP contribution in [0.2, 0.25) is 0 Å². The topological polar surface area (TPSA) is 50.1 Å². The summed E-state index contributed by atoms with van der Waals surface area (Å²) < 4.78 is 5.02. The summed E-state index contributed by atoms with van der Waals surface area (Å²) in [5.41, 5.74) is 1.70. The normalized spacial score (nSPS) is 11.6. The minimum atomic E-state index is -0.139. The molecule has 1 aromatic rings. The molecule has 0 saturated carbocycles. The maximum absolute atomic E-state index is 11.6. The molecule has 0 aliphatic heterocycles. The predicted molar refractivity (Wildman–Crippen MR) is 65.3 cm³/mol. The first kappa shape index (κ1) is 13.2. The Labute approximate surface area is 102 Å². The van der Waals surface area contributed by atoms with Gasteiger partial charge in [0, 0.05) is 0 Å². The Hall–Kier alpha value is -1.82. The van der Waals surface area contributed by atoms with Crippen molar-refractivity contribution in [1.82, 2.24) is 0 Å². The van der Waals surface area contributed by atoms with E-state index < -0.39 is 0 Å². The third kappa shape index (κ3) is 3.92. The van der Waals surface area contributed by atoms with Crippen LogP contribution in [0, 0.1) is 17.2 Å². The Balaban J connectivity index is 2.67. The van der Waals surface area contributed by atoms with Gasteiger partial charge in [0.25, 0.3) is 0 Å². The van der Waals surface area contributed by atoms with E-state index >= 15 is 0 Å². The van der Waals surface area contributed by atoms with E-state index in [4.69, 9.17) is 10.00 Å². The molecule has 0 heterocycles. The van der Waals surface area contributed by atoms with E-state index in [9.17, 15) is 4.79 Å². The Kier molecular flexibility index (Phi) is 5.22. The zero-order valence-electron chi connectivity index (χ0n) is 10.3. The average molecular weight is 231 g/mol. The number of hydrogen-bond donors (Lipinski definition) is 0. The monoisotopic (exact) mass is 231 g/mol. The molecule has 0 bridgehead atoms. The van der Waals surface area contributed by atoms with E-state index in [2.05, 4.69) is 6.07 Å². The van der Waals surface area contributed by atoms with Gasteiger partial charge in [0.15, 0.2) is 0 Å². The van der Waals surface area contributed by atoms with Gasteiger partial charge >= 0.3 is 5.97 Å². The number of ether oxygens (including phenoxy) is 1. The molecule has 3 nitrogen and oxygen atoms in total. The summed E-state index contributed by atoms with van der Waals surface area (Å²) in [5.74, 6) is -0.234. The van der Waals surface area contributed by atoms with Crippen molar-refractivity contribution in [2.75, 3.05) is 6.61 Å². The summed E-state index contributed by atoms with van der Waals surface area (Å²) >= 11 is 0. The second-order valence-corrected chi connectivity index (χ2v) is 3.87. The molecular formula is C14H17NO2. The van der Waals surface area contributed by atoms with Gasteiger partial charge in [0.1, 0.15) is 0 Å². The van der Waals surface area contributed by atoms with Gasteiger partial charge < -0.3 is 4.74 Å². The number of rotatable bonds is 5. The van der Waals surface area contributed by atoms with Gasteiger partial charge in [0.2, 0.25) is 0 Å². The lowest BCUT2D eigenvalue weighted by molar-refractivity contribution is -0.148. The maximum Gasteiger partial charge on any atom is 0.309 e. The van der Waals surface area contributed by atoms with E-state index in [1.807, 2.05) is 26.0 Å². The molecule has 0 spiro atoms. The Morgan fingerprint density at radius 2 is 2.00 bits per heavy atom. The largest absolute Gasteiger partial charge is 0.466 e. The minimum Gasteiger partial charge on any atom is -0.466 e. The van der Waals surface area contributed by atoms with Crippen LogP contribution in [0.5, 0.6) is 0 Å². The molecule has 1 aromatic carbocycles. The first-order valence-corrected chi connectivity index (χ1v) is 5.86. The van der Waals surface area contributed by atoms with Gasteiger partial charge in [-0.05, 0) is 37.5 Å². The minimum absolute atomic E-state index is 0.0946. The highest BCUT2D eigenvalue weighted by atomic mass is 16.5. The molecule has 0 fully saturated rings. The second kappa shape index (κ2) is 6.70. The number of carbonyl (C=O) groups excluding carboxylic acids is 1. The van der Waals surface area contributed by atoms with Crippen LogP contribution in [0.3, 0.4) is 0 Å². The van der Waals surface area contributed by atoms with E-state index in [0.717, 1.165) is 12.0 Å². The van der Waals surface area contributed by atoms with Crippen molar-refractivity contribution in [2.45, 2.75) is 26.7 Å². The molecule has 0 aromatic heterocycles. The van der Waals surface area contributed by atoms with Crippen LogP contribution in [-0.2, 0) is 16.0 Å². The van der Waals surface area contributed by atoms with Gasteiger partial charge in [-0.1, -0.05) is 19.1 Å². The highest BCUT2D eigenvalue weighted by molar-refractivity contribution is 5.72. The number of carbonyl (C=O) groups is 1. The molecule has 0 aliphatic carbocycles. The molecule has 0 aliphatic rings. The first-order valence-electron chi connectivity index (χ1n) is 5.86. The molecule has 17 heavy (non-hydrogen) atoms. The van der Waals surface area contributed by atoms with Crippen molar-refractivity contribution in [3.05, 3.63) is 35.4 Å². The van der Waals surface area contributed by atoms with Crippen LogP contribution < -0.4 is 0 Å². The molecule has 0 saturated heterocycles. The number of nitriles is 1. The zero-order chi connectivity index (χ0) is 12.7. The van der Waals surface area contributed by atoms with Crippen molar-refractivity contribution in [3.63, 3.8) is 0 Å². The summed E-state index contributed by atoms with van der Waals surface area (Å²) in [5, 5.41) is 8.69. The van der Waals surface area contributed by atoms with Crippen molar-refractivity contribution in [2.24, 2.45) is 5.92 Å². The predicted octanol–water partition coefficient (Wildman–Crippen LogP) is 2.69. The molecule has 90 valence electrons. The van der Waals surface area contributed by atoms with E-state index in [1.165, 1.54) is 0 Å². The number of benzene rings is 1. The Morgan fingerprint density at radius 1 is 1.35 bits per heavy atom. The third-order valence-corrected chi connectivity index (χ3v) is 2.68. The molecule has 0 amide bonds. The summed E-state index contributed by atoms with van der Waals surface area (Å²) in [6.45, 7) is 4.21. The standard InChI is InChI=1S/C14H17NO2/c1-3-13(14(16)17-4-2)9-11-5-7-12(10-15)8-6-11/h5-8,13H,3-4,9H2,1-2H3/t13-/m0/s1. The number of esters is 1. The Morgan fingerprint density at radius 3 is 2.47 bits per heavy atom. The average Bonchev–Trinajstić information content (AvgIpc) is 2.37. The Bertz CT molecular complexity index is 403. The van der Waals surface area contributed by atoms with Crippen LogP contribution in [0.1, 0.15) is 31.4 Å². The molecule has 1 rings (SSSR count). The summed E-state index contributed by atoms with van der Waals surface area (Å²) in [4.78, 5) is 11.6. The van der Waals surface area contributed by atoms with Crippen LogP contribution in [0.15, 0.2) is 24.3 Å². The van der Waals surface area contributed by atoms with Gasteiger partial charge in [-0.25, -0.2) is 0 Å². The fraction of sp³-hybridized carbons (Fsp3) is 0.429. The molecular weight excluding hydrogens is 214 g/mol. The summed E-state index contributed by atoms with van der Waals surface area (Å²) in [6, 6.07) is 9.39.